The van der Waals surface area contributed by atoms with Crippen molar-refractivity contribution in [2.75, 3.05) is 36.4 Å². The molecule has 1 heterocycles. The van der Waals surface area contributed by atoms with Crippen LogP contribution in [0.5, 0.6) is 0 Å². The lowest BCUT2D eigenvalue weighted by atomic mass is 9.89. The summed E-state index contributed by atoms with van der Waals surface area (Å²) in [6.07, 6.45) is 0. The monoisotopic (exact) mass is 463 g/mol. The Morgan fingerprint density at radius 3 is 2.35 bits per heavy atom. The van der Waals surface area contributed by atoms with Gasteiger partial charge in [0.2, 0.25) is 5.78 Å². The van der Waals surface area contributed by atoms with Gasteiger partial charge in [0.05, 0.1) is 11.1 Å². The molecule has 1 aromatic heterocycles. The van der Waals surface area contributed by atoms with Crippen LogP contribution in [0.4, 0.5) is 5.69 Å². The van der Waals surface area contributed by atoms with Gasteiger partial charge in [-0.3, -0.25) is 9.59 Å². The third-order valence-corrected chi connectivity index (χ3v) is 5.55. The van der Waals surface area contributed by atoms with Crippen molar-refractivity contribution in [3.05, 3.63) is 63.6 Å². The van der Waals surface area contributed by atoms with E-state index in [4.69, 9.17) is 32.4 Å². The number of alkyl halides is 2. The van der Waals surface area contributed by atoms with Crippen molar-refractivity contribution in [2.24, 2.45) is 0 Å². The summed E-state index contributed by atoms with van der Waals surface area (Å²) in [7, 11) is 0. The van der Waals surface area contributed by atoms with E-state index in [1.807, 2.05) is 17.9 Å². The number of hydrogen-bond acceptors (Lipinski definition) is 6. The molecule has 0 radical (unpaired) electrons. The lowest BCUT2D eigenvalue weighted by Gasteiger charge is -2.25. The van der Waals surface area contributed by atoms with E-state index in [1.165, 1.54) is 13.0 Å². The number of fused-ring (bicyclic) bond motifs is 1. The molecule has 0 unspecified atom stereocenters. The number of esters is 1. The van der Waals surface area contributed by atoms with Crippen molar-refractivity contribution in [1.29, 1.82) is 0 Å². The number of ketones is 2. The van der Waals surface area contributed by atoms with Gasteiger partial charge in [-0.05, 0) is 44.5 Å². The van der Waals surface area contributed by atoms with E-state index in [9.17, 15) is 14.4 Å². The SMILES string of the molecule is CC1=C(COC(=O)c2ccc(C)c(N(CCCl)CCCl)c2)C(=O)c2cc(C)oc2C1=O. The fraction of sp³-hybridized carbons (Fsp3) is 0.348. The van der Waals surface area contributed by atoms with Crippen LogP contribution >= 0.6 is 23.2 Å². The summed E-state index contributed by atoms with van der Waals surface area (Å²) in [5.41, 5.74) is 2.73. The Morgan fingerprint density at radius 1 is 1.03 bits per heavy atom. The average Bonchev–Trinajstić information content (AvgIpc) is 3.14. The minimum absolute atomic E-state index is 0.0388. The van der Waals surface area contributed by atoms with E-state index in [-0.39, 0.29) is 40.6 Å². The molecule has 1 aliphatic rings. The van der Waals surface area contributed by atoms with Gasteiger partial charge in [-0.1, -0.05) is 6.07 Å². The lowest BCUT2D eigenvalue weighted by Crippen LogP contribution is -2.28. The lowest BCUT2D eigenvalue weighted by molar-refractivity contribution is 0.0533. The first-order valence-corrected chi connectivity index (χ1v) is 10.9. The summed E-state index contributed by atoms with van der Waals surface area (Å²) in [6.45, 7) is 6.01. The second kappa shape index (κ2) is 9.71. The molecule has 0 amide bonds. The maximum absolute atomic E-state index is 12.8. The predicted octanol–water partition coefficient (Wildman–Crippen LogP) is 4.73. The number of benzene rings is 1. The Kier molecular flexibility index (Phi) is 7.23. The molecule has 8 heteroatoms. The van der Waals surface area contributed by atoms with Gasteiger partial charge in [-0.2, -0.15) is 0 Å². The maximum Gasteiger partial charge on any atom is 0.338 e. The first-order valence-electron chi connectivity index (χ1n) is 9.82. The number of furan rings is 1. The minimum atomic E-state index is -0.590. The largest absolute Gasteiger partial charge is 0.457 e. The van der Waals surface area contributed by atoms with Crippen LogP contribution in [0.15, 0.2) is 39.8 Å². The summed E-state index contributed by atoms with van der Waals surface area (Å²) in [5.74, 6) is 0.0301. The van der Waals surface area contributed by atoms with Gasteiger partial charge in [0.15, 0.2) is 11.5 Å². The van der Waals surface area contributed by atoms with Gasteiger partial charge < -0.3 is 14.1 Å². The third kappa shape index (κ3) is 4.70. The van der Waals surface area contributed by atoms with Crippen molar-refractivity contribution in [3.8, 4) is 0 Å². The van der Waals surface area contributed by atoms with Crippen LogP contribution in [0.25, 0.3) is 0 Å². The number of halogens is 2. The number of allylic oxidation sites excluding steroid dienone is 1. The second-order valence-corrected chi connectivity index (χ2v) is 8.06. The Labute approximate surface area is 190 Å². The Morgan fingerprint density at radius 2 is 1.71 bits per heavy atom. The molecule has 0 atom stereocenters. The summed E-state index contributed by atoms with van der Waals surface area (Å²) < 4.78 is 10.8. The zero-order valence-electron chi connectivity index (χ0n) is 17.6. The molecular weight excluding hydrogens is 441 g/mol. The molecule has 0 saturated heterocycles. The van der Waals surface area contributed by atoms with E-state index in [0.29, 0.717) is 36.2 Å². The van der Waals surface area contributed by atoms with Crippen molar-refractivity contribution >= 4 is 46.4 Å². The summed E-state index contributed by atoms with van der Waals surface area (Å²) >= 11 is 11.8. The fourth-order valence-corrected chi connectivity index (χ4v) is 3.93. The van der Waals surface area contributed by atoms with Gasteiger partial charge in [-0.25, -0.2) is 4.79 Å². The molecule has 1 aliphatic carbocycles. The van der Waals surface area contributed by atoms with Crippen molar-refractivity contribution in [2.45, 2.75) is 20.8 Å². The number of rotatable bonds is 8. The molecule has 0 aliphatic heterocycles. The number of carbonyl (C=O) groups excluding carboxylic acids is 3. The molecule has 31 heavy (non-hydrogen) atoms. The van der Waals surface area contributed by atoms with Gasteiger partial charge in [0.25, 0.3) is 0 Å². The first kappa shape index (κ1) is 23.1. The molecule has 164 valence electrons. The van der Waals surface area contributed by atoms with E-state index in [1.54, 1.807) is 19.1 Å². The Hall–Kier alpha value is -2.57. The van der Waals surface area contributed by atoms with Crippen LogP contribution in [-0.4, -0.2) is 49.0 Å². The highest BCUT2D eigenvalue weighted by Gasteiger charge is 2.34. The zero-order valence-corrected chi connectivity index (χ0v) is 19.1. The second-order valence-electron chi connectivity index (χ2n) is 7.30. The van der Waals surface area contributed by atoms with Gasteiger partial charge in [0.1, 0.15) is 12.4 Å². The highest BCUT2D eigenvalue weighted by molar-refractivity contribution is 6.26. The van der Waals surface area contributed by atoms with Gasteiger partial charge in [-0.15, -0.1) is 23.2 Å². The molecule has 1 aromatic carbocycles. The third-order valence-electron chi connectivity index (χ3n) is 5.22. The van der Waals surface area contributed by atoms with Crippen LogP contribution in [0.2, 0.25) is 0 Å². The quantitative estimate of drug-likeness (QED) is 0.415. The number of Topliss-reactive ketones (excluding diaryl/α,β-unsaturated/α-hetero) is 2. The fourth-order valence-electron chi connectivity index (χ4n) is 3.52. The molecular formula is C23H23Cl2NO5. The molecule has 0 N–H and O–H groups in total. The van der Waals surface area contributed by atoms with E-state index < -0.39 is 5.97 Å². The van der Waals surface area contributed by atoms with E-state index in [2.05, 4.69) is 0 Å². The van der Waals surface area contributed by atoms with Crippen molar-refractivity contribution in [3.63, 3.8) is 0 Å². The zero-order chi connectivity index (χ0) is 22.7. The summed E-state index contributed by atoms with van der Waals surface area (Å²) in [6, 6.07) is 6.73. The van der Waals surface area contributed by atoms with Crippen LogP contribution in [0, 0.1) is 13.8 Å². The molecule has 3 rings (SSSR count). The van der Waals surface area contributed by atoms with Crippen molar-refractivity contribution < 1.29 is 23.5 Å². The smallest absolute Gasteiger partial charge is 0.338 e. The van der Waals surface area contributed by atoms with Crippen LogP contribution in [0.3, 0.4) is 0 Å². The molecule has 0 bridgehead atoms. The highest BCUT2D eigenvalue weighted by atomic mass is 35.5. The van der Waals surface area contributed by atoms with Crippen LogP contribution in [0.1, 0.15) is 49.5 Å². The highest BCUT2D eigenvalue weighted by Crippen LogP contribution is 2.29. The number of hydrogen-bond donors (Lipinski definition) is 0. The summed E-state index contributed by atoms with van der Waals surface area (Å²) in [5, 5.41) is 0. The van der Waals surface area contributed by atoms with Crippen LogP contribution < -0.4 is 4.90 Å². The molecule has 2 aromatic rings. The number of carbonyl (C=O) groups is 3. The molecule has 0 saturated carbocycles. The first-order chi connectivity index (χ1) is 14.8. The Bertz CT molecular complexity index is 1060. The number of nitrogens with zero attached hydrogens (tertiary/aromatic N) is 1. The van der Waals surface area contributed by atoms with Crippen LogP contribution in [-0.2, 0) is 4.74 Å². The minimum Gasteiger partial charge on any atom is -0.457 e. The summed E-state index contributed by atoms with van der Waals surface area (Å²) in [4.78, 5) is 40.0. The normalized spacial score (nSPS) is 13.5. The topological polar surface area (TPSA) is 76.8 Å². The number of anilines is 1. The average molecular weight is 464 g/mol. The molecule has 0 fully saturated rings. The standard InChI is InChI=1S/C23H23Cl2NO5/c1-13-4-5-16(11-19(13)26(8-6-24)9-7-25)23(29)30-12-18-15(3)20(27)22-17(21(18)28)10-14(2)31-22/h4-5,10-11H,6-9,12H2,1-3H3. The van der Waals surface area contributed by atoms with E-state index in [0.717, 1.165) is 11.3 Å². The van der Waals surface area contributed by atoms with Crippen molar-refractivity contribution in [1.82, 2.24) is 0 Å². The predicted molar refractivity (Wildman–Crippen MR) is 120 cm³/mol. The Balaban J connectivity index is 1.79. The molecule has 6 nitrogen and oxygen atoms in total. The van der Waals surface area contributed by atoms with E-state index >= 15 is 0 Å². The van der Waals surface area contributed by atoms with Gasteiger partial charge >= 0.3 is 5.97 Å². The number of ether oxygens (including phenoxy) is 1. The van der Waals surface area contributed by atoms with Gasteiger partial charge in [0, 0.05) is 41.7 Å². The number of aryl methyl sites for hydroxylation is 2. The molecule has 0 spiro atoms. The maximum atomic E-state index is 12.8.